The van der Waals surface area contributed by atoms with Crippen LogP contribution in [0.15, 0.2) is 47.4 Å². The highest BCUT2D eigenvalue weighted by molar-refractivity contribution is 7.90. The van der Waals surface area contributed by atoms with Crippen molar-refractivity contribution < 1.29 is 32.3 Å². The van der Waals surface area contributed by atoms with E-state index in [0.717, 1.165) is 19.8 Å². The Balaban J connectivity index is 1.71. The fraction of sp³-hybridized carbons (Fsp3) is 0.516. The fourth-order valence-corrected chi connectivity index (χ4v) is 6.82. The highest BCUT2D eigenvalue weighted by Crippen LogP contribution is 2.30. The molecule has 2 atom stereocenters. The highest BCUT2D eigenvalue weighted by Gasteiger charge is 2.25. The van der Waals surface area contributed by atoms with Crippen molar-refractivity contribution in [3.63, 3.8) is 0 Å². The zero-order valence-electron chi connectivity index (χ0n) is 24.7. The van der Waals surface area contributed by atoms with Crippen LogP contribution in [0.4, 0.5) is 4.39 Å². The van der Waals surface area contributed by atoms with Crippen LogP contribution in [-0.4, -0.2) is 60.6 Å². The number of carbonyl (C=O) groups is 3. The Labute approximate surface area is 259 Å². The first-order chi connectivity index (χ1) is 20.4. The van der Waals surface area contributed by atoms with Crippen LogP contribution >= 0.6 is 12.6 Å². The van der Waals surface area contributed by atoms with E-state index in [9.17, 15) is 27.9 Å². The van der Waals surface area contributed by atoms with Crippen LogP contribution in [0.5, 0.6) is 0 Å². The number of hydrogen-bond acceptors (Lipinski definition) is 7. The molecule has 236 valence electrons. The van der Waals surface area contributed by atoms with Crippen LogP contribution in [0.25, 0.3) is 11.1 Å². The first kappa shape index (κ1) is 34.5. The van der Waals surface area contributed by atoms with Gasteiger partial charge < -0.3 is 15.3 Å². The predicted octanol–water partition coefficient (Wildman–Crippen LogP) is 4.19. The number of hydrogen-bond donors (Lipinski definition) is 4. The second kappa shape index (κ2) is 16.2. The molecule has 0 aromatic heterocycles. The van der Waals surface area contributed by atoms with Crippen molar-refractivity contribution in [3.8, 4) is 11.1 Å². The summed E-state index contributed by atoms with van der Waals surface area (Å²) in [5.74, 6) is -1.64. The van der Waals surface area contributed by atoms with E-state index in [2.05, 4.69) is 5.32 Å². The normalized spacial score (nSPS) is 15.4. The number of sulfonamides is 1. The van der Waals surface area contributed by atoms with Crippen LogP contribution in [0.3, 0.4) is 0 Å². The van der Waals surface area contributed by atoms with Gasteiger partial charge in [0.15, 0.2) is 0 Å². The molecule has 1 fully saturated rings. The molecular formula is C31H42FN3O6S2. The van der Waals surface area contributed by atoms with Crippen molar-refractivity contribution in [2.75, 3.05) is 13.1 Å². The molecule has 43 heavy (non-hydrogen) atoms. The Morgan fingerprint density at radius 3 is 2.44 bits per heavy atom. The van der Waals surface area contributed by atoms with Gasteiger partial charge in [0.1, 0.15) is 11.9 Å². The van der Waals surface area contributed by atoms with E-state index in [0.29, 0.717) is 18.9 Å². The summed E-state index contributed by atoms with van der Waals surface area (Å²) in [7, 11) is -4.35. The number of halogens is 1. The van der Waals surface area contributed by atoms with Crippen LogP contribution in [0.1, 0.15) is 70.8 Å². The molecule has 0 radical (unpaired) electrons. The summed E-state index contributed by atoms with van der Waals surface area (Å²) >= 11 is 4.69. The minimum Gasteiger partial charge on any atom is -0.384 e. The fourth-order valence-electron chi connectivity index (χ4n) is 5.15. The summed E-state index contributed by atoms with van der Waals surface area (Å²) in [5.41, 5.74) is 0.617. The van der Waals surface area contributed by atoms with E-state index in [1.54, 1.807) is 6.07 Å². The number of benzene rings is 2. The number of nitrogens with one attached hydrogen (secondary N) is 2. The van der Waals surface area contributed by atoms with Gasteiger partial charge in [-0.05, 0) is 49.8 Å². The molecule has 0 saturated heterocycles. The quantitative estimate of drug-likeness (QED) is 0.230. The van der Waals surface area contributed by atoms with Gasteiger partial charge in [-0.15, -0.1) is 0 Å². The van der Waals surface area contributed by atoms with E-state index < -0.39 is 27.9 Å². The molecular weight excluding hydrogens is 593 g/mol. The summed E-state index contributed by atoms with van der Waals surface area (Å²) in [6.45, 7) is 3.54. The van der Waals surface area contributed by atoms with Crippen molar-refractivity contribution in [3.05, 3.63) is 53.8 Å². The zero-order valence-corrected chi connectivity index (χ0v) is 26.4. The second-order valence-electron chi connectivity index (χ2n) is 11.0. The minimum absolute atomic E-state index is 0.0557. The molecule has 3 rings (SSSR count). The number of aliphatic hydroxyl groups is 1. The van der Waals surface area contributed by atoms with E-state index in [4.69, 9.17) is 12.6 Å². The predicted molar refractivity (Wildman–Crippen MR) is 166 cm³/mol. The van der Waals surface area contributed by atoms with Gasteiger partial charge in [-0.2, -0.15) is 12.6 Å². The molecule has 0 unspecified atom stereocenters. The lowest BCUT2D eigenvalue weighted by Crippen LogP contribution is -2.37. The Morgan fingerprint density at radius 1 is 1.09 bits per heavy atom. The molecule has 3 amide bonds. The van der Waals surface area contributed by atoms with E-state index in [1.807, 2.05) is 11.6 Å². The molecule has 0 spiro atoms. The lowest BCUT2D eigenvalue weighted by molar-refractivity contribution is -0.132. The summed E-state index contributed by atoms with van der Waals surface area (Å²) in [6, 6.07) is 10.00. The summed E-state index contributed by atoms with van der Waals surface area (Å²) < 4.78 is 42.9. The third-order valence-corrected chi connectivity index (χ3v) is 9.65. The van der Waals surface area contributed by atoms with Gasteiger partial charge in [0.05, 0.1) is 4.90 Å². The van der Waals surface area contributed by atoms with Crippen LogP contribution in [0.2, 0.25) is 0 Å². The molecule has 0 heterocycles. The Kier molecular flexibility index (Phi) is 13.0. The van der Waals surface area contributed by atoms with Gasteiger partial charge in [0.2, 0.25) is 11.8 Å². The number of thiol groups is 1. The van der Waals surface area contributed by atoms with E-state index in [-0.39, 0.29) is 64.6 Å². The van der Waals surface area contributed by atoms with Crippen LogP contribution < -0.4 is 10.0 Å². The van der Waals surface area contributed by atoms with Gasteiger partial charge in [-0.1, -0.05) is 56.5 Å². The van der Waals surface area contributed by atoms with Gasteiger partial charge >= 0.3 is 0 Å². The standard InChI is InChI=1S/C31H42FN3O6S2/c1-3-9-30(38)35(17-16-29(37)33-19-27(42)22-10-5-4-6-11-22)20-24-15-14-23(18-26(24)32)25-12-7-8-13-28(25)43(40,41)34-31(39)21(2)36/h7-8,12-15,18,21-22,27,36,42H,3-6,9-11,16-17,19-20H2,1-2H3,(H,33,37)(H,34,39)/t21-,27-/m0/s1. The molecule has 1 aliphatic rings. The molecule has 9 nitrogen and oxygen atoms in total. The number of amides is 3. The maximum atomic E-state index is 15.4. The largest absolute Gasteiger partial charge is 0.384 e. The molecule has 3 N–H and O–H groups in total. The van der Waals surface area contributed by atoms with Crippen molar-refractivity contribution in [1.82, 2.24) is 14.9 Å². The monoisotopic (exact) mass is 635 g/mol. The minimum atomic E-state index is -4.35. The SMILES string of the molecule is CCCC(=O)N(CCC(=O)NC[C@H](S)C1CCCCC1)Cc1ccc(-c2ccccc2S(=O)(=O)NC(=O)[C@H](C)O)cc1F. The van der Waals surface area contributed by atoms with Crippen molar-refractivity contribution in [1.29, 1.82) is 0 Å². The second-order valence-corrected chi connectivity index (χ2v) is 13.3. The van der Waals surface area contributed by atoms with Gasteiger partial charge in [-0.3, -0.25) is 14.4 Å². The molecule has 2 aromatic carbocycles. The number of rotatable bonds is 14. The maximum Gasteiger partial charge on any atom is 0.264 e. The van der Waals surface area contributed by atoms with Crippen molar-refractivity contribution in [2.45, 2.75) is 88.0 Å². The van der Waals surface area contributed by atoms with E-state index in [1.165, 1.54) is 60.6 Å². The summed E-state index contributed by atoms with van der Waals surface area (Å²) in [6.07, 6.45) is 5.25. The molecule has 12 heteroatoms. The Bertz CT molecular complexity index is 1380. The lowest BCUT2D eigenvalue weighted by atomic mass is 9.86. The average Bonchev–Trinajstić information content (AvgIpc) is 2.98. The van der Waals surface area contributed by atoms with Gasteiger partial charge in [0, 0.05) is 48.9 Å². The van der Waals surface area contributed by atoms with Crippen LogP contribution in [0, 0.1) is 11.7 Å². The topological polar surface area (TPSA) is 133 Å². The first-order valence-electron chi connectivity index (χ1n) is 14.8. The van der Waals surface area contributed by atoms with Crippen molar-refractivity contribution >= 4 is 40.4 Å². The smallest absolute Gasteiger partial charge is 0.264 e. The van der Waals surface area contributed by atoms with Gasteiger partial charge in [0.25, 0.3) is 15.9 Å². The van der Waals surface area contributed by atoms with Crippen molar-refractivity contribution in [2.24, 2.45) is 5.92 Å². The molecule has 1 aliphatic carbocycles. The molecule has 0 aliphatic heterocycles. The maximum absolute atomic E-state index is 15.4. The molecule has 2 aromatic rings. The average molecular weight is 636 g/mol. The number of aliphatic hydroxyl groups excluding tert-OH is 1. The zero-order chi connectivity index (χ0) is 31.6. The number of nitrogens with zero attached hydrogens (tertiary/aromatic N) is 1. The highest BCUT2D eigenvalue weighted by atomic mass is 32.2. The third-order valence-electron chi connectivity index (χ3n) is 7.64. The first-order valence-corrected chi connectivity index (χ1v) is 16.8. The van der Waals surface area contributed by atoms with E-state index >= 15 is 4.39 Å². The Morgan fingerprint density at radius 2 is 1.79 bits per heavy atom. The summed E-state index contributed by atoms with van der Waals surface area (Å²) in [4.78, 5) is 38.5. The molecule has 0 bridgehead atoms. The number of carbonyl (C=O) groups excluding carboxylic acids is 3. The lowest BCUT2D eigenvalue weighted by Gasteiger charge is -2.27. The summed E-state index contributed by atoms with van der Waals surface area (Å²) in [5, 5.41) is 12.4. The Hall–Kier alpha value is -2.96. The third kappa shape index (κ3) is 10.0. The van der Waals surface area contributed by atoms with Crippen LogP contribution in [-0.2, 0) is 31.0 Å². The van der Waals surface area contributed by atoms with Gasteiger partial charge in [-0.25, -0.2) is 17.5 Å². The molecule has 1 saturated carbocycles.